The average Bonchev–Trinajstić information content (AvgIpc) is 2.42. The van der Waals surface area contributed by atoms with Crippen molar-refractivity contribution >= 4 is 29.5 Å². The quantitative estimate of drug-likeness (QED) is 0.864. The van der Waals surface area contributed by atoms with Crippen molar-refractivity contribution in [2.45, 2.75) is 0 Å². The summed E-state index contributed by atoms with van der Waals surface area (Å²) in [4.78, 5) is 14.7. The van der Waals surface area contributed by atoms with E-state index in [9.17, 15) is 4.79 Å². The molecule has 0 saturated carbocycles. The molecule has 0 atom stereocenters. The highest BCUT2D eigenvalue weighted by atomic mass is 35.5. The van der Waals surface area contributed by atoms with Crippen LogP contribution >= 0.6 is 23.2 Å². The number of carbonyl (C=O) groups excluding carboxylic acids is 1. The van der Waals surface area contributed by atoms with Crippen LogP contribution in [0.25, 0.3) is 11.3 Å². The van der Waals surface area contributed by atoms with Crippen LogP contribution in [0.2, 0.25) is 10.0 Å². The van der Waals surface area contributed by atoms with E-state index in [1.54, 1.807) is 37.7 Å². The van der Waals surface area contributed by atoms with Crippen LogP contribution in [0.4, 0.5) is 0 Å². The molecule has 2 aromatic rings. The minimum atomic E-state index is 0.121. The first kappa shape index (κ1) is 12.9. The number of nitrogens with zero attached hydrogens (tertiary/aromatic N) is 1. The number of hydrogen-bond donors (Lipinski definition) is 0. The van der Waals surface area contributed by atoms with Crippen molar-refractivity contribution in [2.24, 2.45) is 0 Å². The standard InChI is InChI=1S/C13H8Cl2NO2/c1-18-10-4-2-8(3-5-10)13-12(15)11(14)6-9(7-17)16-13/h2-6H,1H3. The maximum Gasteiger partial charge on any atom is 0.253 e. The smallest absolute Gasteiger partial charge is 0.253 e. The number of methoxy groups -OCH3 is 1. The fourth-order valence-corrected chi connectivity index (χ4v) is 1.89. The SMILES string of the molecule is COc1ccc(-c2nc([C]=O)cc(Cl)c2Cl)cc1. The van der Waals surface area contributed by atoms with Crippen molar-refractivity contribution in [3.8, 4) is 17.0 Å². The van der Waals surface area contributed by atoms with Gasteiger partial charge in [0, 0.05) is 5.56 Å². The van der Waals surface area contributed by atoms with Crippen molar-refractivity contribution in [1.82, 2.24) is 4.98 Å². The van der Waals surface area contributed by atoms with Crippen molar-refractivity contribution in [1.29, 1.82) is 0 Å². The lowest BCUT2D eigenvalue weighted by atomic mass is 10.1. The van der Waals surface area contributed by atoms with Crippen LogP contribution in [-0.4, -0.2) is 18.4 Å². The molecule has 0 fully saturated rings. The van der Waals surface area contributed by atoms with E-state index in [0.717, 1.165) is 11.3 Å². The second kappa shape index (κ2) is 5.38. The van der Waals surface area contributed by atoms with Gasteiger partial charge in [-0.05, 0) is 30.3 Å². The summed E-state index contributed by atoms with van der Waals surface area (Å²) in [5.41, 5.74) is 1.32. The van der Waals surface area contributed by atoms with Gasteiger partial charge in [0.1, 0.15) is 11.4 Å². The number of ether oxygens (including phenoxy) is 1. The fraction of sp³-hybridized carbons (Fsp3) is 0.0769. The van der Waals surface area contributed by atoms with Crippen LogP contribution < -0.4 is 4.74 Å². The molecule has 91 valence electrons. The van der Waals surface area contributed by atoms with Gasteiger partial charge in [0.15, 0.2) is 0 Å². The normalized spacial score (nSPS) is 10.2. The lowest BCUT2D eigenvalue weighted by Gasteiger charge is -2.07. The lowest BCUT2D eigenvalue weighted by molar-refractivity contribution is 0.415. The summed E-state index contributed by atoms with van der Waals surface area (Å²) in [7, 11) is 1.58. The lowest BCUT2D eigenvalue weighted by Crippen LogP contribution is -1.93. The zero-order valence-electron chi connectivity index (χ0n) is 9.41. The molecule has 5 heteroatoms. The molecule has 0 spiro atoms. The molecule has 0 N–H and O–H groups in total. The Morgan fingerprint density at radius 2 is 1.89 bits per heavy atom. The Bertz CT molecular complexity index is 582. The third-order valence-corrected chi connectivity index (χ3v) is 3.16. The summed E-state index contributed by atoms with van der Waals surface area (Å²) < 4.78 is 5.06. The Balaban J connectivity index is 2.54. The molecule has 3 nitrogen and oxygen atoms in total. The zero-order chi connectivity index (χ0) is 13.1. The number of rotatable bonds is 3. The molecule has 1 aromatic heterocycles. The van der Waals surface area contributed by atoms with Crippen molar-refractivity contribution < 1.29 is 9.53 Å². The molecule has 0 aliphatic heterocycles. The highest BCUT2D eigenvalue weighted by molar-refractivity contribution is 6.43. The predicted octanol–water partition coefficient (Wildman–Crippen LogP) is 3.52. The first-order chi connectivity index (χ1) is 8.65. The van der Waals surface area contributed by atoms with Gasteiger partial charge in [-0.1, -0.05) is 23.2 Å². The molecule has 1 radical (unpaired) electrons. The van der Waals surface area contributed by atoms with Gasteiger partial charge in [-0.2, -0.15) is 0 Å². The van der Waals surface area contributed by atoms with E-state index in [-0.39, 0.29) is 10.7 Å². The molecule has 18 heavy (non-hydrogen) atoms. The summed E-state index contributed by atoms with van der Waals surface area (Å²) in [6, 6.07) is 8.51. The zero-order valence-corrected chi connectivity index (χ0v) is 10.9. The van der Waals surface area contributed by atoms with E-state index >= 15 is 0 Å². The number of halogens is 2. The minimum absolute atomic E-state index is 0.121. The minimum Gasteiger partial charge on any atom is -0.497 e. The second-order valence-corrected chi connectivity index (χ2v) is 4.27. The molecule has 0 amide bonds. The Kier molecular flexibility index (Phi) is 3.84. The molecule has 1 heterocycles. The molecule has 0 bridgehead atoms. The van der Waals surface area contributed by atoms with Gasteiger partial charge in [-0.3, -0.25) is 4.79 Å². The monoisotopic (exact) mass is 280 g/mol. The summed E-state index contributed by atoms with van der Waals surface area (Å²) in [6.45, 7) is 0. The van der Waals surface area contributed by atoms with E-state index in [2.05, 4.69) is 4.98 Å². The van der Waals surface area contributed by atoms with Crippen LogP contribution in [0.15, 0.2) is 30.3 Å². The van der Waals surface area contributed by atoms with E-state index in [1.807, 2.05) is 0 Å². The largest absolute Gasteiger partial charge is 0.497 e. The maximum absolute atomic E-state index is 10.6. The van der Waals surface area contributed by atoms with Crippen molar-refractivity contribution in [2.75, 3.05) is 7.11 Å². The molecular formula is C13H8Cl2NO2. The number of pyridine rings is 1. The maximum atomic E-state index is 10.6. The van der Waals surface area contributed by atoms with Crippen LogP contribution in [0.3, 0.4) is 0 Å². The Morgan fingerprint density at radius 3 is 2.44 bits per heavy atom. The Morgan fingerprint density at radius 1 is 1.22 bits per heavy atom. The first-order valence-corrected chi connectivity index (χ1v) is 5.80. The number of benzene rings is 1. The molecule has 0 unspecified atom stereocenters. The Hall–Kier alpha value is -1.58. The number of aromatic nitrogens is 1. The third-order valence-electron chi connectivity index (χ3n) is 2.38. The van der Waals surface area contributed by atoms with Crippen LogP contribution in [-0.2, 0) is 4.79 Å². The fourth-order valence-electron chi connectivity index (χ4n) is 1.49. The predicted molar refractivity (Wildman–Crippen MR) is 71.0 cm³/mol. The summed E-state index contributed by atoms with van der Waals surface area (Å²) in [6.07, 6.45) is 1.70. The molecule has 1 aromatic carbocycles. The Labute approximate surface area is 114 Å². The van der Waals surface area contributed by atoms with Gasteiger partial charge in [0.05, 0.1) is 22.8 Å². The summed E-state index contributed by atoms with van der Waals surface area (Å²) >= 11 is 12.0. The van der Waals surface area contributed by atoms with E-state index in [0.29, 0.717) is 10.7 Å². The third kappa shape index (κ3) is 2.47. The highest BCUT2D eigenvalue weighted by Gasteiger charge is 2.11. The first-order valence-electron chi connectivity index (χ1n) is 5.04. The van der Waals surface area contributed by atoms with E-state index in [1.165, 1.54) is 6.07 Å². The van der Waals surface area contributed by atoms with Gasteiger partial charge in [-0.15, -0.1) is 0 Å². The second-order valence-electron chi connectivity index (χ2n) is 3.48. The highest BCUT2D eigenvalue weighted by Crippen LogP contribution is 2.33. The van der Waals surface area contributed by atoms with Crippen LogP contribution in [0, 0.1) is 0 Å². The molecule has 0 aliphatic rings. The van der Waals surface area contributed by atoms with E-state index < -0.39 is 0 Å². The molecular weight excluding hydrogens is 273 g/mol. The van der Waals surface area contributed by atoms with Gasteiger partial charge in [-0.25, -0.2) is 4.98 Å². The van der Waals surface area contributed by atoms with Crippen LogP contribution in [0.5, 0.6) is 5.75 Å². The topological polar surface area (TPSA) is 39.2 Å². The molecule has 2 rings (SSSR count). The van der Waals surface area contributed by atoms with Gasteiger partial charge in [0.2, 0.25) is 0 Å². The summed E-state index contributed by atoms with van der Waals surface area (Å²) in [5, 5.41) is 0.580. The van der Waals surface area contributed by atoms with Crippen molar-refractivity contribution in [3.05, 3.63) is 46.1 Å². The van der Waals surface area contributed by atoms with Crippen molar-refractivity contribution in [3.63, 3.8) is 0 Å². The molecule has 0 saturated heterocycles. The molecule has 0 aliphatic carbocycles. The number of hydrogen-bond acceptors (Lipinski definition) is 3. The van der Waals surface area contributed by atoms with Crippen LogP contribution in [0.1, 0.15) is 5.69 Å². The van der Waals surface area contributed by atoms with Gasteiger partial charge < -0.3 is 4.74 Å². The van der Waals surface area contributed by atoms with E-state index in [4.69, 9.17) is 27.9 Å². The summed E-state index contributed by atoms with van der Waals surface area (Å²) in [5.74, 6) is 0.721. The van der Waals surface area contributed by atoms with Gasteiger partial charge >= 0.3 is 0 Å². The average molecular weight is 281 g/mol. The van der Waals surface area contributed by atoms with Gasteiger partial charge in [0.25, 0.3) is 6.29 Å².